The van der Waals surface area contributed by atoms with Crippen LogP contribution in [0.1, 0.15) is 76.8 Å². The van der Waals surface area contributed by atoms with Crippen molar-refractivity contribution in [2.75, 3.05) is 0 Å². The van der Waals surface area contributed by atoms with Gasteiger partial charge in [0.15, 0.2) is 0 Å². The van der Waals surface area contributed by atoms with Gasteiger partial charge in [-0.3, -0.25) is 4.98 Å². The third-order valence-electron chi connectivity index (χ3n) is 6.73. The van der Waals surface area contributed by atoms with Crippen LogP contribution in [-0.2, 0) is 6.42 Å². The maximum Gasteiger partial charge on any atom is 0.131 e. The van der Waals surface area contributed by atoms with Crippen molar-refractivity contribution in [3.05, 3.63) is 53.4 Å². The lowest BCUT2D eigenvalue weighted by atomic mass is 9.67. The quantitative estimate of drug-likeness (QED) is 0.450. The van der Waals surface area contributed by atoms with Gasteiger partial charge in [0, 0.05) is 40.9 Å². The van der Waals surface area contributed by atoms with Crippen molar-refractivity contribution >= 4 is 0 Å². The summed E-state index contributed by atoms with van der Waals surface area (Å²) in [6.07, 6.45) is 12.6. The first-order valence-corrected chi connectivity index (χ1v) is 11.1. The molecular weight excluding hydrogens is 358 g/mol. The van der Waals surface area contributed by atoms with Crippen molar-refractivity contribution in [1.29, 1.82) is 0 Å². The molecule has 0 radical (unpaired) electrons. The Hall–Kier alpha value is -2.29. The zero-order valence-electron chi connectivity index (χ0n) is 18.2. The summed E-state index contributed by atoms with van der Waals surface area (Å²) in [6.45, 7) is 8.82. The third-order valence-corrected chi connectivity index (χ3v) is 6.73. The van der Waals surface area contributed by atoms with E-state index in [9.17, 15) is 5.11 Å². The van der Waals surface area contributed by atoms with Gasteiger partial charge in [0.05, 0.1) is 0 Å². The van der Waals surface area contributed by atoms with Gasteiger partial charge in [0.2, 0.25) is 0 Å². The van der Waals surface area contributed by atoms with E-state index in [2.05, 4.69) is 44.8 Å². The monoisotopic (exact) mass is 391 g/mol. The normalized spacial score (nSPS) is 22.3. The summed E-state index contributed by atoms with van der Waals surface area (Å²) in [4.78, 5) is 4.31. The number of hydrogen-bond donors (Lipinski definition) is 1. The topological polar surface area (TPSA) is 42.4 Å². The summed E-state index contributed by atoms with van der Waals surface area (Å²) in [6, 6.07) is 6.19. The van der Waals surface area contributed by atoms with Crippen LogP contribution in [0, 0.1) is 5.92 Å². The fourth-order valence-electron chi connectivity index (χ4n) is 5.21. The molecule has 3 heteroatoms. The minimum absolute atomic E-state index is 0.197. The van der Waals surface area contributed by atoms with E-state index in [1.807, 2.05) is 18.3 Å². The molecule has 2 aliphatic rings. The Morgan fingerprint density at radius 2 is 2.10 bits per heavy atom. The molecule has 2 aromatic rings. The maximum absolute atomic E-state index is 11.6. The van der Waals surface area contributed by atoms with E-state index in [0.29, 0.717) is 11.7 Å². The van der Waals surface area contributed by atoms with Crippen LogP contribution in [0.2, 0.25) is 0 Å². The van der Waals surface area contributed by atoms with Crippen molar-refractivity contribution in [2.45, 2.75) is 77.7 Å². The van der Waals surface area contributed by atoms with Gasteiger partial charge >= 0.3 is 0 Å². The van der Waals surface area contributed by atoms with Crippen LogP contribution in [0.25, 0.3) is 11.1 Å². The average molecular weight is 392 g/mol. The van der Waals surface area contributed by atoms with Crippen LogP contribution in [0.3, 0.4) is 0 Å². The molecule has 29 heavy (non-hydrogen) atoms. The van der Waals surface area contributed by atoms with Crippen LogP contribution in [0.4, 0.5) is 0 Å². The van der Waals surface area contributed by atoms with Crippen molar-refractivity contribution < 1.29 is 9.84 Å². The zero-order chi connectivity index (χ0) is 20.6. The molecule has 4 rings (SSSR count). The molecule has 1 aromatic heterocycles. The number of hydrogen-bond acceptors (Lipinski definition) is 3. The third kappa shape index (κ3) is 3.68. The number of aromatic nitrogens is 1. The fraction of sp³-hybridized carbons (Fsp3) is 0.500. The van der Waals surface area contributed by atoms with Crippen LogP contribution in [0.5, 0.6) is 11.5 Å². The summed E-state index contributed by atoms with van der Waals surface area (Å²) >= 11 is 0. The minimum Gasteiger partial charge on any atom is -0.507 e. The molecule has 0 amide bonds. The Morgan fingerprint density at radius 3 is 2.83 bits per heavy atom. The molecule has 1 N–H and O–H groups in total. The van der Waals surface area contributed by atoms with Gasteiger partial charge < -0.3 is 9.84 Å². The number of allylic oxidation sites excluding steroid dienone is 2. The predicted octanol–water partition coefficient (Wildman–Crippen LogP) is 6.80. The Kier molecular flexibility index (Phi) is 5.42. The number of rotatable bonds is 5. The Balaban J connectivity index is 1.91. The number of fused-ring (bicyclic) bond motifs is 3. The number of unbranched alkanes of at least 4 members (excludes halogenated alkanes) is 2. The first-order valence-electron chi connectivity index (χ1n) is 11.1. The zero-order valence-corrected chi connectivity index (χ0v) is 18.2. The molecule has 3 nitrogen and oxygen atoms in total. The minimum atomic E-state index is -0.238. The predicted molar refractivity (Wildman–Crippen MR) is 118 cm³/mol. The van der Waals surface area contributed by atoms with Gasteiger partial charge in [-0.15, -0.1) is 0 Å². The van der Waals surface area contributed by atoms with Crippen LogP contribution >= 0.6 is 0 Å². The fourth-order valence-corrected chi connectivity index (χ4v) is 5.21. The number of aromatic hydroxyl groups is 1. The summed E-state index contributed by atoms with van der Waals surface area (Å²) in [5.74, 6) is 1.82. The van der Waals surface area contributed by atoms with E-state index in [1.54, 1.807) is 6.20 Å². The summed E-state index contributed by atoms with van der Waals surface area (Å²) in [5.41, 5.74) is 5.21. The molecule has 2 unspecified atom stereocenters. The van der Waals surface area contributed by atoms with Gasteiger partial charge in [-0.2, -0.15) is 0 Å². The lowest BCUT2D eigenvalue weighted by Crippen LogP contribution is -2.45. The SMILES string of the molecule is CCCCCc1cc2c(c(O)c1-c1cccnc1)C1C=C(C)CCC1C(C)(C)O2. The van der Waals surface area contributed by atoms with Crippen LogP contribution in [0.15, 0.2) is 42.2 Å². The molecular formula is C26H33NO2. The average Bonchev–Trinajstić information content (AvgIpc) is 2.68. The molecule has 0 saturated carbocycles. The molecule has 0 bridgehead atoms. The summed E-state index contributed by atoms with van der Waals surface area (Å²) in [7, 11) is 0. The second-order valence-electron chi connectivity index (χ2n) is 9.26. The molecule has 1 aromatic carbocycles. The molecule has 2 atom stereocenters. The van der Waals surface area contributed by atoms with E-state index in [1.165, 1.54) is 18.4 Å². The lowest BCUT2D eigenvalue weighted by Gasteiger charge is -2.46. The number of nitrogens with zero attached hydrogens (tertiary/aromatic N) is 1. The van der Waals surface area contributed by atoms with Crippen molar-refractivity contribution in [3.63, 3.8) is 0 Å². The second kappa shape index (κ2) is 7.85. The molecule has 0 fully saturated rings. The van der Waals surface area contributed by atoms with Crippen LogP contribution in [-0.4, -0.2) is 15.7 Å². The van der Waals surface area contributed by atoms with Gasteiger partial charge in [0.25, 0.3) is 0 Å². The van der Waals surface area contributed by atoms with Crippen molar-refractivity contribution in [1.82, 2.24) is 4.98 Å². The molecule has 1 aliphatic carbocycles. The molecule has 0 saturated heterocycles. The standard InChI is InChI=1S/C26H33NO2/c1-5-6-7-9-18-15-22-24(25(28)23(18)19-10-8-13-27-16-19)20-14-17(2)11-12-21(20)26(3,4)29-22/h8,10,13-16,20-21,28H,5-7,9,11-12H2,1-4H3. The Morgan fingerprint density at radius 1 is 1.28 bits per heavy atom. The highest BCUT2D eigenvalue weighted by Crippen LogP contribution is 2.55. The number of pyridine rings is 1. The first-order chi connectivity index (χ1) is 13.9. The number of phenols is 1. The lowest BCUT2D eigenvalue weighted by molar-refractivity contribution is 0.0108. The van der Waals surface area contributed by atoms with Gasteiger partial charge in [0.1, 0.15) is 17.1 Å². The number of ether oxygens (including phenoxy) is 1. The van der Waals surface area contributed by atoms with Gasteiger partial charge in [-0.25, -0.2) is 0 Å². The van der Waals surface area contributed by atoms with E-state index in [0.717, 1.165) is 53.7 Å². The van der Waals surface area contributed by atoms with Crippen molar-refractivity contribution in [3.8, 4) is 22.6 Å². The maximum atomic E-state index is 11.6. The highest BCUT2D eigenvalue weighted by atomic mass is 16.5. The Labute approximate surface area is 174 Å². The number of aryl methyl sites for hydroxylation is 1. The van der Waals surface area contributed by atoms with E-state index in [4.69, 9.17) is 4.74 Å². The number of phenolic OH excluding ortho intramolecular Hbond substituents is 1. The van der Waals surface area contributed by atoms with Crippen LogP contribution < -0.4 is 4.74 Å². The Bertz CT molecular complexity index is 914. The molecule has 0 spiro atoms. The highest BCUT2D eigenvalue weighted by molar-refractivity contribution is 5.78. The van der Waals surface area contributed by atoms with Gasteiger partial charge in [-0.1, -0.05) is 37.5 Å². The number of benzene rings is 1. The van der Waals surface area contributed by atoms with Gasteiger partial charge in [-0.05, 0) is 64.2 Å². The molecule has 1 aliphatic heterocycles. The molecule has 2 heterocycles. The van der Waals surface area contributed by atoms with E-state index < -0.39 is 0 Å². The van der Waals surface area contributed by atoms with E-state index in [-0.39, 0.29) is 11.5 Å². The summed E-state index contributed by atoms with van der Waals surface area (Å²) in [5, 5.41) is 11.6. The molecule has 154 valence electrons. The highest BCUT2D eigenvalue weighted by Gasteiger charge is 2.45. The largest absolute Gasteiger partial charge is 0.507 e. The van der Waals surface area contributed by atoms with E-state index >= 15 is 0 Å². The summed E-state index contributed by atoms with van der Waals surface area (Å²) < 4.78 is 6.54. The smallest absolute Gasteiger partial charge is 0.131 e. The first kappa shape index (κ1) is 20.0. The second-order valence-corrected chi connectivity index (χ2v) is 9.26. The van der Waals surface area contributed by atoms with Crippen molar-refractivity contribution in [2.24, 2.45) is 5.92 Å².